The Balaban J connectivity index is 2.14. The number of hydrazone groups is 1. The molecule has 0 saturated heterocycles. The monoisotopic (exact) mass is 435 g/mol. The molecule has 0 heterocycles. The molecule has 0 fully saturated rings. The van der Waals surface area contributed by atoms with Crippen molar-refractivity contribution < 1.29 is 19.2 Å². The lowest BCUT2D eigenvalue weighted by Crippen LogP contribution is -2.17. The Labute approximate surface area is 164 Å². The number of hydrogen-bond donors (Lipinski definition) is 1. The fraction of sp³-hybridized carbons (Fsp3) is 0.222. The van der Waals surface area contributed by atoms with Gasteiger partial charge in [0.15, 0.2) is 11.5 Å². The van der Waals surface area contributed by atoms with Crippen LogP contribution in [0.4, 0.5) is 5.69 Å². The molecule has 142 valence electrons. The normalized spacial score (nSPS) is 10.9. The third-order valence-electron chi connectivity index (χ3n) is 3.30. The maximum atomic E-state index is 12.1. The van der Waals surface area contributed by atoms with Crippen LogP contribution in [0.1, 0.15) is 29.8 Å². The summed E-state index contributed by atoms with van der Waals surface area (Å²) in [6, 6.07) is 8.88. The van der Waals surface area contributed by atoms with Crippen LogP contribution in [-0.2, 0) is 0 Å². The number of non-ortho nitro benzene ring substituents is 1. The molecule has 0 saturated carbocycles. The van der Waals surface area contributed by atoms with E-state index in [-0.39, 0.29) is 17.4 Å². The molecule has 1 amide bonds. The Morgan fingerprint density at radius 2 is 2.07 bits per heavy atom. The summed E-state index contributed by atoms with van der Waals surface area (Å²) in [7, 11) is 1.53. The van der Waals surface area contributed by atoms with Gasteiger partial charge in [0.05, 0.1) is 28.8 Å². The van der Waals surface area contributed by atoms with Crippen molar-refractivity contribution in [1.29, 1.82) is 0 Å². The topological polar surface area (TPSA) is 103 Å². The summed E-state index contributed by atoms with van der Waals surface area (Å²) in [4.78, 5) is 22.3. The van der Waals surface area contributed by atoms with Crippen molar-refractivity contribution in [2.75, 3.05) is 7.11 Å². The second kappa shape index (κ2) is 9.13. The van der Waals surface area contributed by atoms with Crippen LogP contribution in [0.5, 0.6) is 11.5 Å². The number of methoxy groups -OCH3 is 1. The number of rotatable bonds is 7. The highest BCUT2D eigenvalue weighted by atomic mass is 79.9. The molecule has 0 aliphatic carbocycles. The van der Waals surface area contributed by atoms with Gasteiger partial charge in [-0.15, -0.1) is 0 Å². The Hall–Kier alpha value is -2.94. The van der Waals surface area contributed by atoms with Crippen LogP contribution in [0.25, 0.3) is 0 Å². The number of ether oxygens (including phenoxy) is 2. The Morgan fingerprint density at radius 1 is 1.33 bits per heavy atom. The number of benzene rings is 2. The van der Waals surface area contributed by atoms with Crippen molar-refractivity contribution >= 4 is 33.7 Å². The van der Waals surface area contributed by atoms with Crippen LogP contribution < -0.4 is 14.9 Å². The minimum Gasteiger partial charge on any atom is -0.493 e. The van der Waals surface area contributed by atoms with Crippen molar-refractivity contribution in [3.05, 3.63) is 62.1 Å². The molecule has 2 aromatic rings. The molecule has 0 aliphatic heterocycles. The molecule has 1 N–H and O–H groups in total. The van der Waals surface area contributed by atoms with Crippen LogP contribution in [0.3, 0.4) is 0 Å². The van der Waals surface area contributed by atoms with Crippen LogP contribution in [-0.4, -0.2) is 30.3 Å². The van der Waals surface area contributed by atoms with Gasteiger partial charge in [0.2, 0.25) is 0 Å². The molecule has 0 aliphatic rings. The van der Waals surface area contributed by atoms with Crippen molar-refractivity contribution in [3.63, 3.8) is 0 Å². The lowest BCUT2D eigenvalue weighted by molar-refractivity contribution is -0.384. The number of nitrogens with one attached hydrogen (secondary N) is 1. The van der Waals surface area contributed by atoms with E-state index in [0.29, 0.717) is 21.5 Å². The summed E-state index contributed by atoms with van der Waals surface area (Å²) in [6.45, 7) is 3.81. The van der Waals surface area contributed by atoms with Crippen LogP contribution in [0.15, 0.2) is 46.0 Å². The van der Waals surface area contributed by atoms with E-state index in [1.807, 2.05) is 13.8 Å². The summed E-state index contributed by atoms with van der Waals surface area (Å²) in [5.74, 6) is 0.538. The van der Waals surface area contributed by atoms with Crippen LogP contribution in [0.2, 0.25) is 0 Å². The van der Waals surface area contributed by atoms with Crippen molar-refractivity contribution in [2.45, 2.75) is 20.0 Å². The van der Waals surface area contributed by atoms with Gasteiger partial charge in [-0.25, -0.2) is 5.43 Å². The maximum absolute atomic E-state index is 12.1. The Kier molecular flexibility index (Phi) is 6.89. The van der Waals surface area contributed by atoms with Crippen molar-refractivity contribution in [1.82, 2.24) is 5.43 Å². The van der Waals surface area contributed by atoms with Crippen LogP contribution >= 0.6 is 15.9 Å². The first-order chi connectivity index (χ1) is 12.8. The third-order valence-corrected chi connectivity index (χ3v) is 3.89. The molecule has 9 heteroatoms. The number of nitrogens with zero attached hydrogens (tertiary/aromatic N) is 2. The standard InChI is InChI=1S/C18H18BrN3O5/c1-11(2)27-17-15(19)7-12(8-16(17)26-3)10-20-21-18(23)13-5-4-6-14(9-13)22(24)25/h4-11H,1-3H3,(H,21,23)/b20-10+. The Bertz CT molecular complexity index is 883. The number of nitro benzene ring substituents is 1. The zero-order chi connectivity index (χ0) is 20.0. The van der Waals surface area contributed by atoms with Gasteiger partial charge in [-0.2, -0.15) is 5.10 Å². The van der Waals surface area contributed by atoms with Gasteiger partial charge in [-0.05, 0) is 53.5 Å². The second-order valence-corrected chi connectivity index (χ2v) is 6.56. The minimum atomic E-state index is -0.565. The molecule has 0 bridgehead atoms. The third kappa shape index (κ3) is 5.52. The highest BCUT2D eigenvalue weighted by molar-refractivity contribution is 9.10. The number of nitro groups is 1. The van der Waals surface area contributed by atoms with Gasteiger partial charge in [0.25, 0.3) is 11.6 Å². The summed E-state index contributed by atoms with van der Waals surface area (Å²) in [5, 5.41) is 14.7. The van der Waals surface area contributed by atoms with E-state index < -0.39 is 10.8 Å². The second-order valence-electron chi connectivity index (χ2n) is 5.71. The van der Waals surface area contributed by atoms with E-state index in [1.165, 1.54) is 37.6 Å². The average Bonchev–Trinajstić information content (AvgIpc) is 2.63. The lowest BCUT2D eigenvalue weighted by atomic mass is 10.2. The quantitative estimate of drug-likeness (QED) is 0.403. The van der Waals surface area contributed by atoms with E-state index in [2.05, 4.69) is 26.5 Å². The highest BCUT2D eigenvalue weighted by Gasteiger charge is 2.13. The largest absolute Gasteiger partial charge is 0.493 e. The molecule has 0 aromatic heterocycles. The van der Waals surface area contributed by atoms with E-state index in [9.17, 15) is 14.9 Å². The molecular formula is C18H18BrN3O5. The first-order valence-electron chi connectivity index (χ1n) is 7.94. The van der Waals surface area contributed by atoms with Crippen molar-refractivity contribution in [2.24, 2.45) is 5.10 Å². The first kappa shape index (κ1) is 20.4. The fourth-order valence-corrected chi connectivity index (χ4v) is 2.71. The number of amides is 1. The Morgan fingerprint density at radius 3 is 2.70 bits per heavy atom. The van der Waals surface area contributed by atoms with Gasteiger partial charge < -0.3 is 9.47 Å². The molecule has 0 atom stereocenters. The minimum absolute atomic E-state index is 0.0241. The van der Waals surface area contributed by atoms with Gasteiger partial charge in [-0.1, -0.05) is 6.07 Å². The molecule has 2 aromatic carbocycles. The number of carbonyl (C=O) groups excluding carboxylic acids is 1. The summed E-state index contributed by atoms with van der Waals surface area (Å²) >= 11 is 3.43. The molecule has 0 spiro atoms. The molecule has 2 rings (SSSR count). The molecule has 0 radical (unpaired) electrons. The predicted octanol–water partition coefficient (Wildman–Crippen LogP) is 3.92. The van der Waals surface area contributed by atoms with E-state index in [4.69, 9.17) is 9.47 Å². The summed E-state index contributed by atoms with van der Waals surface area (Å²) in [6.07, 6.45) is 1.41. The lowest BCUT2D eigenvalue weighted by Gasteiger charge is -2.15. The summed E-state index contributed by atoms with van der Waals surface area (Å²) < 4.78 is 11.7. The molecule has 27 heavy (non-hydrogen) atoms. The van der Waals surface area contributed by atoms with Crippen molar-refractivity contribution in [3.8, 4) is 11.5 Å². The van der Waals surface area contributed by atoms with E-state index >= 15 is 0 Å². The molecule has 8 nitrogen and oxygen atoms in total. The number of hydrogen-bond acceptors (Lipinski definition) is 6. The van der Waals surface area contributed by atoms with E-state index in [0.717, 1.165) is 0 Å². The first-order valence-corrected chi connectivity index (χ1v) is 8.73. The van der Waals surface area contributed by atoms with Gasteiger partial charge in [0.1, 0.15) is 0 Å². The van der Waals surface area contributed by atoms with Gasteiger partial charge in [-0.3, -0.25) is 14.9 Å². The maximum Gasteiger partial charge on any atom is 0.271 e. The smallest absolute Gasteiger partial charge is 0.271 e. The summed E-state index contributed by atoms with van der Waals surface area (Å²) in [5.41, 5.74) is 2.97. The average molecular weight is 436 g/mol. The molecular weight excluding hydrogens is 418 g/mol. The van der Waals surface area contributed by atoms with Gasteiger partial charge >= 0.3 is 0 Å². The SMILES string of the molecule is COc1cc(/C=N/NC(=O)c2cccc([N+](=O)[O-])c2)cc(Br)c1OC(C)C. The molecule has 0 unspecified atom stereocenters. The zero-order valence-corrected chi connectivity index (χ0v) is 16.5. The predicted molar refractivity (Wildman–Crippen MR) is 105 cm³/mol. The van der Waals surface area contributed by atoms with E-state index in [1.54, 1.807) is 12.1 Å². The number of halogens is 1. The highest BCUT2D eigenvalue weighted by Crippen LogP contribution is 2.36. The fourth-order valence-electron chi connectivity index (χ4n) is 2.16. The number of carbonyl (C=O) groups is 1. The van der Waals surface area contributed by atoms with Crippen LogP contribution in [0, 0.1) is 10.1 Å². The van der Waals surface area contributed by atoms with Gasteiger partial charge in [0, 0.05) is 17.7 Å². The zero-order valence-electron chi connectivity index (χ0n) is 14.9.